The molecule has 2 aliphatic rings. The van der Waals surface area contributed by atoms with Gasteiger partial charge >= 0.3 is 0 Å². The van der Waals surface area contributed by atoms with Crippen LogP contribution in [0.1, 0.15) is 45.1 Å². The van der Waals surface area contributed by atoms with Crippen LogP contribution in [0, 0.1) is 17.3 Å². The first-order chi connectivity index (χ1) is 10.6. The van der Waals surface area contributed by atoms with E-state index < -0.39 is 0 Å². The first-order valence-corrected chi connectivity index (χ1v) is 8.05. The maximum absolute atomic E-state index is 12.4. The molecule has 2 fully saturated rings. The van der Waals surface area contributed by atoms with E-state index in [4.69, 9.17) is 4.74 Å². The summed E-state index contributed by atoms with van der Waals surface area (Å²) in [5.74, 6) is 1.62. The molecule has 3 atom stereocenters. The smallest absolute Gasteiger partial charge is 0.244 e. The van der Waals surface area contributed by atoms with Gasteiger partial charge in [-0.2, -0.15) is 5.10 Å². The standard InChI is InChI=1S/C18H24N2O2/c1-12(13-7-9-14(22-3)10-8-13)19-20-17(21)16-15-6-4-5-11-18(15,16)2/h7-10,15-16H,4-6,11H2,1-3H3,(H,20,21)/b19-12+. The van der Waals surface area contributed by atoms with Crippen LogP contribution in [0.5, 0.6) is 5.75 Å². The van der Waals surface area contributed by atoms with Gasteiger partial charge in [-0.3, -0.25) is 4.79 Å². The molecule has 0 aliphatic heterocycles. The van der Waals surface area contributed by atoms with Crippen LogP contribution in [-0.2, 0) is 4.79 Å². The van der Waals surface area contributed by atoms with Gasteiger partial charge < -0.3 is 4.74 Å². The molecule has 0 spiro atoms. The zero-order chi connectivity index (χ0) is 15.7. The molecule has 1 aromatic rings. The van der Waals surface area contributed by atoms with Gasteiger partial charge in [-0.15, -0.1) is 0 Å². The van der Waals surface area contributed by atoms with Crippen molar-refractivity contribution < 1.29 is 9.53 Å². The Morgan fingerprint density at radius 3 is 2.64 bits per heavy atom. The molecule has 1 aromatic carbocycles. The normalized spacial score (nSPS) is 30.4. The predicted octanol–water partition coefficient (Wildman–Crippen LogP) is 3.36. The lowest BCUT2D eigenvalue weighted by molar-refractivity contribution is -0.123. The fraction of sp³-hybridized carbons (Fsp3) is 0.556. The van der Waals surface area contributed by atoms with Gasteiger partial charge in [0, 0.05) is 5.92 Å². The van der Waals surface area contributed by atoms with Crippen molar-refractivity contribution >= 4 is 11.6 Å². The van der Waals surface area contributed by atoms with Crippen LogP contribution in [0.3, 0.4) is 0 Å². The van der Waals surface area contributed by atoms with Gasteiger partial charge in [0.25, 0.3) is 0 Å². The third-order valence-corrected chi connectivity index (χ3v) is 5.46. The van der Waals surface area contributed by atoms with Gasteiger partial charge in [-0.05, 0) is 60.9 Å². The lowest BCUT2D eigenvalue weighted by Crippen LogP contribution is -2.23. The monoisotopic (exact) mass is 300 g/mol. The van der Waals surface area contributed by atoms with E-state index in [1.807, 2.05) is 31.2 Å². The van der Waals surface area contributed by atoms with E-state index in [1.54, 1.807) is 7.11 Å². The topological polar surface area (TPSA) is 50.7 Å². The van der Waals surface area contributed by atoms with Gasteiger partial charge in [0.1, 0.15) is 5.75 Å². The van der Waals surface area contributed by atoms with E-state index in [0.717, 1.165) is 17.0 Å². The summed E-state index contributed by atoms with van der Waals surface area (Å²) in [6.07, 6.45) is 4.88. The molecule has 0 heterocycles. The molecule has 1 N–H and O–H groups in total. The van der Waals surface area contributed by atoms with Crippen LogP contribution in [-0.4, -0.2) is 18.7 Å². The van der Waals surface area contributed by atoms with Crippen molar-refractivity contribution in [1.82, 2.24) is 5.43 Å². The Balaban J connectivity index is 1.62. The summed E-state index contributed by atoms with van der Waals surface area (Å²) >= 11 is 0. The van der Waals surface area contributed by atoms with Crippen LogP contribution in [0.2, 0.25) is 0 Å². The molecule has 118 valence electrons. The molecule has 4 heteroatoms. The van der Waals surface area contributed by atoms with E-state index in [1.165, 1.54) is 25.7 Å². The number of nitrogens with zero attached hydrogens (tertiary/aromatic N) is 1. The number of rotatable bonds is 4. The maximum atomic E-state index is 12.4. The molecule has 3 unspecified atom stereocenters. The zero-order valence-electron chi connectivity index (χ0n) is 13.6. The number of hydrogen-bond donors (Lipinski definition) is 1. The zero-order valence-corrected chi connectivity index (χ0v) is 13.6. The van der Waals surface area contributed by atoms with Crippen LogP contribution in [0.4, 0.5) is 0 Å². The molecule has 4 nitrogen and oxygen atoms in total. The van der Waals surface area contributed by atoms with E-state index in [-0.39, 0.29) is 17.2 Å². The molecule has 2 aliphatic carbocycles. The molecule has 0 aromatic heterocycles. The number of hydrazone groups is 1. The number of fused-ring (bicyclic) bond motifs is 1. The maximum Gasteiger partial charge on any atom is 0.244 e. The summed E-state index contributed by atoms with van der Waals surface area (Å²) in [7, 11) is 1.64. The molecular weight excluding hydrogens is 276 g/mol. The Morgan fingerprint density at radius 2 is 2.05 bits per heavy atom. The summed E-state index contributed by atoms with van der Waals surface area (Å²) in [4.78, 5) is 12.4. The fourth-order valence-electron chi connectivity index (χ4n) is 3.96. The highest BCUT2D eigenvalue weighted by Gasteiger charge is 2.64. The van der Waals surface area contributed by atoms with Gasteiger partial charge in [0.05, 0.1) is 12.8 Å². The van der Waals surface area contributed by atoms with Gasteiger partial charge in [-0.25, -0.2) is 5.43 Å². The van der Waals surface area contributed by atoms with E-state index in [2.05, 4.69) is 17.5 Å². The highest BCUT2D eigenvalue weighted by atomic mass is 16.5. The number of benzene rings is 1. The van der Waals surface area contributed by atoms with Crippen LogP contribution >= 0.6 is 0 Å². The van der Waals surface area contributed by atoms with Crippen molar-refractivity contribution in [3.63, 3.8) is 0 Å². The second-order valence-corrected chi connectivity index (χ2v) is 6.74. The highest BCUT2D eigenvalue weighted by molar-refractivity contribution is 5.99. The largest absolute Gasteiger partial charge is 0.497 e. The number of nitrogens with one attached hydrogen (secondary N) is 1. The Kier molecular flexibility index (Phi) is 3.94. The Labute approximate surface area is 131 Å². The summed E-state index contributed by atoms with van der Waals surface area (Å²) in [6.45, 7) is 4.16. The van der Waals surface area contributed by atoms with E-state index in [0.29, 0.717) is 5.92 Å². The molecule has 0 radical (unpaired) electrons. The lowest BCUT2D eigenvalue weighted by atomic mass is 9.90. The molecule has 1 amide bonds. The third kappa shape index (κ3) is 2.62. The second kappa shape index (κ2) is 5.75. The van der Waals surface area contributed by atoms with Gasteiger partial charge in [-0.1, -0.05) is 19.8 Å². The van der Waals surface area contributed by atoms with Crippen LogP contribution < -0.4 is 10.2 Å². The van der Waals surface area contributed by atoms with Crippen LogP contribution in [0.15, 0.2) is 29.4 Å². The van der Waals surface area contributed by atoms with Crippen molar-refractivity contribution in [3.05, 3.63) is 29.8 Å². The SMILES string of the molecule is COc1ccc(/C(C)=N/NC(=O)C2C3CCCCC32C)cc1. The van der Waals surface area contributed by atoms with Crippen molar-refractivity contribution in [2.45, 2.75) is 39.5 Å². The second-order valence-electron chi connectivity index (χ2n) is 6.74. The Bertz CT molecular complexity index is 594. The fourth-order valence-corrected chi connectivity index (χ4v) is 3.96. The number of carbonyl (C=O) groups is 1. The number of methoxy groups -OCH3 is 1. The summed E-state index contributed by atoms with van der Waals surface area (Å²) in [5, 5.41) is 4.28. The molecule has 2 saturated carbocycles. The third-order valence-electron chi connectivity index (χ3n) is 5.46. The van der Waals surface area contributed by atoms with Crippen molar-refractivity contribution in [2.24, 2.45) is 22.4 Å². The Morgan fingerprint density at radius 1 is 1.32 bits per heavy atom. The highest BCUT2D eigenvalue weighted by Crippen LogP contribution is 2.66. The number of ether oxygens (including phenoxy) is 1. The first kappa shape index (κ1) is 15.1. The van der Waals surface area contributed by atoms with E-state index >= 15 is 0 Å². The van der Waals surface area contributed by atoms with E-state index in [9.17, 15) is 4.79 Å². The van der Waals surface area contributed by atoms with Crippen molar-refractivity contribution in [3.8, 4) is 5.75 Å². The quantitative estimate of drug-likeness (QED) is 0.684. The number of hydrogen-bond acceptors (Lipinski definition) is 3. The predicted molar refractivity (Wildman–Crippen MR) is 86.9 cm³/mol. The van der Waals surface area contributed by atoms with Gasteiger partial charge in [0.2, 0.25) is 5.91 Å². The molecule has 22 heavy (non-hydrogen) atoms. The molecular formula is C18H24N2O2. The summed E-state index contributed by atoms with van der Waals surface area (Å²) < 4.78 is 5.14. The average Bonchev–Trinajstić information content (AvgIpc) is 3.18. The summed E-state index contributed by atoms with van der Waals surface area (Å²) in [6, 6.07) is 7.68. The number of amides is 1. The molecule has 0 saturated heterocycles. The van der Waals surface area contributed by atoms with Crippen molar-refractivity contribution in [1.29, 1.82) is 0 Å². The Hall–Kier alpha value is -1.84. The van der Waals surface area contributed by atoms with Crippen LogP contribution in [0.25, 0.3) is 0 Å². The lowest BCUT2D eigenvalue weighted by Gasteiger charge is -2.15. The molecule has 3 rings (SSSR count). The van der Waals surface area contributed by atoms with Crippen molar-refractivity contribution in [2.75, 3.05) is 7.11 Å². The average molecular weight is 300 g/mol. The number of carbonyl (C=O) groups excluding carboxylic acids is 1. The first-order valence-electron chi connectivity index (χ1n) is 8.05. The van der Waals surface area contributed by atoms with Gasteiger partial charge in [0.15, 0.2) is 0 Å². The minimum atomic E-state index is 0.0854. The minimum Gasteiger partial charge on any atom is -0.497 e. The minimum absolute atomic E-state index is 0.0854. The summed E-state index contributed by atoms with van der Waals surface area (Å²) in [5.41, 5.74) is 4.80. The molecule has 0 bridgehead atoms.